The first-order chi connectivity index (χ1) is 10.1. The number of rotatable bonds is 5. The van der Waals surface area contributed by atoms with Crippen LogP contribution in [0.1, 0.15) is 39.2 Å². The number of thioether (sulfide) groups is 2. The zero-order chi connectivity index (χ0) is 15.2. The van der Waals surface area contributed by atoms with Gasteiger partial charge in [-0.2, -0.15) is 0 Å². The third-order valence-electron chi connectivity index (χ3n) is 3.58. The van der Waals surface area contributed by atoms with Gasteiger partial charge in [-0.3, -0.25) is 9.79 Å². The molecule has 0 aromatic heterocycles. The lowest BCUT2D eigenvalue weighted by Gasteiger charge is -2.27. The third kappa shape index (κ3) is 4.89. The maximum Gasteiger partial charge on any atom is 0.200 e. The fourth-order valence-corrected chi connectivity index (χ4v) is 4.68. The van der Waals surface area contributed by atoms with Gasteiger partial charge in [-0.05, 0) is 36.1 Å². The average molecular weight is 322 g/mol. The molecule has 1 aromatic carbocycles. The first kappa shape index (κ1) is 16.6. The van der Waals surface area contributed by atoms with Crippen molar-refractivity contribution < 1.29 is 4.79 Å². The van der Waals surface area contributed by atoms with E-state index in [9.17, 15) is 4.79 Å². The Morgan fingerprint density at radius 3 is 2.62 bits per heavy atom. The highest BCUT2D eigenvalue weighted by molar-refractivity contribution is 8.44. The summed E-state index contributed by atoms with van der Waals surface area (Å²) in [5.74, 6) is 1.55. The Balaban J connectivity index is 2.04. The fraction of sp³-hybridized carbons (Fsp3) is 0.529. The van der Waals surface area contributed by atoms with Crippen LogP contribution in [0.2, 0.25) is 0 Å². The second-order valence-electron chi connectivity index (χ2n) is 5.80. The quantitative estimate of drug-likeness (QED) is 0.765. The predicted molar refractivity (Wildman–Crippen MR) is 94.8 cm³/mol. The molecular formula is C17H23NOS2. The molecule has 1 aromatic rings. The van der Waals surface area contributed by atoms with Gasteiger partial charge in [0, 0.05) is 5.75 Å². The maximum absolute atomic E-state index is 12.3. The molecule has 0 fully saturated rings. The largest absolute Gasteiger partial charge is 0.286 e. The highest BCUT2D eigenvalue weighted by Crippen LogP contribution is 2.35. The summed E-state index contributed by atoms with van der Waals surface area (Å²) in [6.45, 7) is 6.49. The smallest absolute Gasteiger partial charge is 0.200 e. The molecular weight excluding hydrogens is 298 g/mol. The highest BCUT2D eigenvalue weighted by Gasteiger charge is 2.33. The predicted octanol–water partition coefficient (Wildman–Crippen LogP) is 4.99. The van der Waals surface area contributed by atoms with Crippen LogP contribution in [-0.2, 0) is 10.5 Å². The fourth-order valence-electron chi connectivity index (χ4n) is 2.50. The zero-order valence-electron chi connectivity index (χ0n) is 12.9. The summed E-state index contributed by atoms with van der Waals surface area (Å²) in [6.07, 6.45) is 1.89. The molecule has 0 N–H and O–H groups in total. The second-order valence-corrected chi connectivity index (χ2v) is 8.02. The van der Waals surface area contributed by atoms with Crippen LogP contribution in [0.4, 0.5) is 0 Å². The van der Waals surface area contributed by atoms with Gasteiger partial charge in [-0.15, -0.1) is 0 Å². The first-order valence-electron chi connectivity index (χ1n) is 7.56. The molecule has 0 radical (unpaired) electrons. The van der Waals surface area contributed by atoms with E-state index in [-0.39, 0.29) is 12.0 Å². The van der Waals surface area contributed by atoms with Gasteiger partial charge in [-0.25, -0.2) is 0 Å². The van der Waals surface area contributed by atoms with Crippen molar-refractivity contribution in [2.45, 2.75) is 45.4 Å². The highest BCUT2D eigenvalue weighted by atomic mass is 32.2. The van der Waals surface area contributed by atoms with E-state index in [4.69, 9.17) is 4.99 Å². The van der Waals surface area contributed by atoms with Crippen LogP contribution in [0.15, 0.2) is 35.3 Å². The number of hydrogen-bond donors (Lipinski definition) is 0. The Labute approximate surface area is 136 Å². The van der Waals surface area contributed by atoms with Gasteiger partial charge in [0.2, 0.25) is 5.12 Å². The lowest BCUT2D eigenvalue weighted by atomic mass is 9.91. The van der Waals surface area contributed by atoms with Crippen molar-refractivity contribution in [1.29, 1.82) is 0 Å². The van der Waals surface area contributed by atoms with E-state index in [1.165, 1.54) is 17.3 Å². The molecule has 1 aliphatic rings. The van der Waals surface area contributed by atoms with Crippen molar-refractivity contribution in [2.75, 3.05) is 0 Å². The minimum atomic E-state index is 0.0958. The number of hydrogen-bond acceptors (Lipinski definition) is 4. The SMILES string of the molecule is CC[C@H]1C(=O)SC(SCc2ccccc2)=N[C@H]1CC(C)C. The van der Waals surface area contributed by atoms with Gasteiger partial charge in [0.1, 0.15) is 4.38 Å². The number of aliphatic imine (C=N–C) groups is 1. The van der Waals surface area contributed by atoms with Crippen molar-refractivity contribution in [1.82, 2.24) is 0 Å². The lowest BCUT2D eigenvalue weighted by molar-refractivity contribution is -0.115. The van der Waals surface area contributed by atoms with E-state index < -0.39 is 0 Å². The number of nitrogens with zero attached hydrogens (tertiary/aromatic N) is 1. The van der Waals surface area contributed by atoms with Crippen molar-refractivity contribution in [3.8, 4) is 0 Å². The van der Waals surface area contributed by atoms with E-state index in [0.717, 1.165) is 23.0 Å². The van der Waals surface area contributed by atoms with Gasteiger partial charge in [0.25, 0.3) is 0 Å². The van der Waals surface area contributed by atoms with E-state index in [2.05, 4.69) is 32.9 Å². The van der Waals surface area contributed by atoms with Crippen molar-refractivity contribution >= 4 is 33.0 Å². The summed E-state index contributed by atoms with van der Waals surface area (Å²) in [5, 5.41) is 0.300. The lowest BCUT2D eigenvalue weighted by Crippen LogP contribution is -2.31. The molecule has 1 heterocycles. The average Bonchev–Trinajstić information content (AvgIpc) is 2.45. The summed E-state index contributed by atoms with van der Waals surface area (Å²) in [5.41, 5.74) is 1.27. The van der Waals surface area contributed by atoms with Gasteiger partial charge in [0.15, 0.2) is 0 Å². The summed E-state index contributed by atoms with van der Waals surface area (Å²) in [4.78, 5) is 17.2. The van der Waals surface area contributed by atoms with E-state index in [1.807, 2.05) is 18.2 Å². The van der Waals surface area contributed by atoms with Crippen molar-refractivity contribution in [2.24, 2.45) is 16.8 Å². The molecule has 0 amide bonds. The molecule has 0 saturated carbocycles. The van der Waals surface area contributed by atoms with Gasteiger partial charge in [-0.1, -0.05) is 62.9 Å². The molecule has 2 rings (SSSR count). The van der Waals surface area contributed by atoms with Crippen LogP contribution in [-0.4, -0.2) is 15.5 Å². The van der Waals surface area contributed by atoms with Crippen LogP contribution >= 0.6 is 23.5 Å². The standard InChI is InChI=1S/C17H23NOS2/c1-4-14-15(10-12(2)3)18-17(21-16(14)19)20-11-13-8-6-5-7-9-13/h5-9,12,14-15H,4,10-11H2,1-3H3/t14-,15+/m1/s1. The van der Waals surface area contributed by atoms with Crippen molar-refractivity contribution in [3.05, 3.63) is 35.9 Å². The molecule has 4 heteroatoms. The normalized spacial score (nSPS) is 22.5. The second kappa shape index (κ2) is 8.04. The summed E-state index contributed by atoms with van der Waals surface area (Å²) < 4.78 is 0.944. The van der Waals surface area contributed by atoms with Crippen LogP contribution in [0.3, 0.4) is 0 Å². The molecule has 114 valence electrons. The molecule has 1 aliphatic heterocycles. The third-order valence-corrected chi connectivity index (χ3v) is 5.80. The molecule has 0 spiro atoms. The molecule has 21 heavy (non-hydrogen) atoms. The molecule has 0 aliphatic carbocycles. The maximum atomic E-state index is 12.3. The van der Waals surface area contributed by atoms with Crippen LogP contribution in [0.25, 0.3) is 0 Å². The Kier molecular flexibility index (Phi) is 6.37. The molecule has 2 nitrogen and oxygen atoms in total. The van der Waals surface area contributed by atoms with Gasteiger partial charge >= 0.3 is 0 Å². The molecule has 0 unspecified atom stereocenters. The van der Waals surface area contributed by atoms with E-state index in [1.54, 1.807) is 11.8 Å². The number of carbonyl (C=O) groups is 1. The summed E-state index contributed by atoms with van der Waals surface area (Å²) in [7, 11) is 0. The van der Waals surface area contributed by atoms with E-state index >= 15 is 0 Å². The molecule has 0 bridgehead atoms. The molecule has 0 saturated heterocycles. The van der Waals surface area contributed by atoms with Gasteiger partial charge < -0.3 is 0 Å². The monoisotopic (exact) mass is 321 g/mol. The van der Waals surface area contributed by atoms with Crippen molar-refractivity contribution in [3.63, 3.8) is 0 Å². The van der Waals surface area contributed by atoms with E-state index in [0.29, 0.717) is 11.0 Å². The van der Waals surface area contributed by atoms with Crippen LogP contribution in [0, 0.1) is 11.8 Å². The minimum Gasteiger partial charge on any atom is -0.286 e. The molecule has 2 atom stereocenters. The Hall–Kier alpha value is -0.740. The summed E-state index contributed by atoms with van der Waals surface area (Å²) in [6, 6.07) is 10.5. The van der Waals surface area contributed by atoms with Crippen LogP contribution in [0.5, 0.6) is 0 Å². The zero-order valence-corrected chi connectivity index (χ0v) is 14.5. The number of carbonyl (C=O) groups excluding carboxylic acids is 1. The van der Waals surface area contributed by atoms with Crippen LogP contribution < -0.4 is 0 Å². The first-order valence-corrected chi connectivity index (χ1v) is 9.36. The summed E-state index contributed by atoms with van der Waals surface area (Å²) >= 11 is 3.03. The topological polar surface area (TPSA) is 29.4 Å². The Bertz CT molecular complexity index is 499. The number of benzene rings is 1. The van der Waals surface area contributed by atoms with Gasteiger partial charge in [0.05, 0.1) is 12.0 Å². The Morgan fingerprint density at radius 1 is 1.29 bits per heavy atom. The Morgan fingerprint density at radius 2 is 2.00 bits per heavy atom. The minimum absolute atomic E-state index is 0.0958.